The Bertz CT molecular complexity index is 1100. The smallest absolute Gasteiger partial charge is 0.253 e. The summed E-state index contributed by atoms with van der Waals surface area (Å²) in [6.07, 6.45) is 3.86. The van der Waals surface area contributed by atoms with Crippen LogP contribution in [0.2, 0.25) is 0 Å². The Kier molecular flexibility index (Phi) is 6.40. The third-order valence-electron chi connectivity index (χ3n) is 6.87. The van der Waals surface area contributed by atoms with Gasteiger partial charge in [-0.3, -0.25) is 9.69 Å². The van der Waals surface area contributed by atoms with Gasteiger partial charge < -0.3 is 9.64 Å². The molecule has 7 nitrogen and oxygen atoms in total. The first-order chi connectivity index (χ1) is 16.0. The van der Waals surface area contributed by atoms with Crippen LogP contribution in [-0.2, 0) is 23.0 Å². The third kappa shape index (κ3) is 4.78. The molecule has 0 aliphatic carbocycles. The first-order valence-electron chi connectivity index (χ1n) is 11.9. The number of piperidine rings is 1. The van der Waals surface area contributed by atoms with E-state index in [4.69, 9.17) is 4.74 Å². The molecule has 33 heavy (non-hydrogen) atoms. The molecule has 0 spiro atoms. The second-order valence-corrected chi connectivity index (χ2v) is 11.0. The summed E-state index contributed by atoms with van der Waals surface area (Å²) in [6, 6.07) is 12.9. The van der Waals surface area contributed by atoms with Gasteiger partial charge in [0.25, 0.3) is 5.91 Å². The van der Waals surface area contributed by atoms with Gasteiger partial charge in [-0.05, 0) is 54.3 Å². The maximum Gasteiger partial charge on any atom is 0.253 e. The number of hydrogen-bond donors (Lipinski definition) is 0. The molecule has 0 unspecified atom stereocenters. The molecule has 2 saturated heterocycles. The second-order valence-electron chi connectivity index (χ2n) is 9.10. The molecule has 3 heterocycles. The predicted molar refractivity (Wildman–Crippen MR) is 126 cm³/mol. The Hall–Kier alpha value is -2.42. The zero-order valence-electron chi connectivity index (χ0n) is 18.9. The van der Waals surface area contributed by atoms with Crippen LogP contribution in [0.4, 0.5) is 0 Å². The summed E-state index contributed by atoms with van der Waals surface area (Å²) >= 11 is 0. The van der Waals surface area contributed by atoms with Crippen molar-refractivity contribution in [2.24, 2.45) is 0 Å². The highest BCUT2D eigenvalue weighted by molar-refractivity contribution is 7.89. The van der Waals surface area contributed by atoms with E-state index in [2.05, 4.69) is 23.1 Å². The molecule has 3 aliphatic heterocycles. The van der Waals surface area contributed by atoms with Crippen molar-refractivity contribution in [3.05, 3.63) is 59.2 Å². The summed E-state index contributed by atoms with van der Waals surface area (Å²) in [5.41, 5.74) is 3.11. The lowest BCUT2D eigenvalue weighted by Crippen LogP contribution is -2.48. The van der Waals surface area contributed by atoms with Gasteiger partial charge in [-0.25, -0.2) is 8.42 Å². The topological polar surface area (TPSA) is 70.2 Å². The molecule has 176 valence electrons. The van der Waals surface area contributed by atoms with Crippen LogP contribution in [0.3, 0.4) is 0 Å². The minimum atomic E-state index is -3.48. The van der Waals surface area contributed by atoms with Gasteiger partial charge >= 0.3 is 0 Å². The lowest BCUT2D eigenvalue weighted by atomic mass is 10.1. The first-order valence-corrected chi connectivity index (χ1v) is 13.3. The number of hydrogen-bond acceptors (Lipinski definition) is 5. The van der Waals surface area contributed by atoms with Crippen LogP contribution >= 0.6 is 0 Å². The standard InChI is InChI=1S/C25H31N3O4S/c29-25(21-5-7-23(8-6-21)33(30,31)28-11-2-1-3-12-28)27-15-13-26(14-16-27)19-20-4-9-24-22(18-20)10-17-32-24/h4-9,18H,1-3,10-17,19H2. The Morgan fingerprint density at radius 2 is 1.61 bits per heavy atom. The Balaban J connectivity index is 1.17. The Morgan fingerprint density at radius 1 is 0.879 bits per heavy atom. The minimum absolute atomic E-state index is 0.0359. The number of sulfonamides is 1. The van der Waals surface area contributed by atoms with Crippen LogP contribution in [0.1, 0.15) is 40.7 Å². The van der Waals surface area contributed by atoms with Crippen LogP contribution in [-0.4, -0.2) is 74.3 Å². The molecule has 0 bridgehead atoms. The van der Waals surface area contributed by atoms with Crippen LogP contribution in [0.5, 0.6) is 5.75 Å². The van der Waals surface area contributed by atoms with Crippen LogP contribution in [0.15, 0.2) is 47.4 Å². The average Bonchev–Trinajstić information content (AvgIpc) is 3.33. The van der Waals surface area contributed by atoms with E-state index >= 15 is 0 Å². The number of ether oxygens (including phenoxy) is 1. The zero-order chi connectivity index (χ0) is 22.8. The Morgan fingerprint density at radius 3 is 2.33 bits per heavy atom. The quantitative estimate of drug-likeness (QED) is 0.674. The van der Waals surface area contributed by atoms with E-state index in [0.717, 1.165) is 57.7 Å². The Labute approximate surface area is 196 Å². The van der Waals surface area contributed by atoms with Gasteiger partial charge in [-0.1, -0.05) is 18.6 Å². The van der Waals surface area contributed by atoms with Gasteiger partial charge in [0.05, 0.1) is 11.5 Å². The molecule has 8 heteroatoms. The molecule has 2 aromatic carbocycles. The third-order valence-corrected chi connectivity index (χ3v) is 8.79. The fourth-order valence-corrected chi connectivity index (χ4v) is 6.43. The van der Waals surface area contributed by atoms with E-state index in [1.165, 1.54) is 11.1 Å². The number of amides is 1. The summed E-state index contributed by atoms with van der Waals surface area (Å²) in [7, 11) is -3.48. The highest BCUT2D eigenvalue weighted by Gasteiger charge is 2.27. The average molecular weight is 470 g/mol. The number of nitrogens with zero attached hydrogens (tertiary/aromatic N) is 3. The number of carbonyl (C=O) groups is 1. The van der Waals surface area contributed by atoms with Gasteiger partial charge in [-0.2, -0.15) is 4.31 Å². The lowest BCUT2D eigenvalue weighted by molar-refractivity contribution is 0.0628. The van der Waals surface area contributed by atoms with Crippen molar-refractivity contribution in [3.63, 3.8) is 0 Å². The summed E-state index contributed by atoms with van der Waals surface area (Å²) in [4.78, 5) is 17.5. The molecule has 0 N–H and O–H groups in total. The SMILES string of the molecule is O=C(c1ccc(S(=O)(=O)N2CCCCC2)cc1)N1CCN(Cc2ccc3c(c2)CCO3)CC1. The van der Waals surface area contributed by atoms with Gasteiger partial charge in [0.2, 0.25) is 10.0 Å². The highest BCUT2D eigenvalue weighted by atomic mass is 32.2. The van der Waals surface area contributed by atoms with E-state index in [-0.39, 0.29) is 10.8 Å². The van der Waals surface area contributed by atoms with Crippen molar-refractivity contribution in [2.45, 2.75) is 37.1 Å². The van der Waals surface area contributed by atoms with Gasteiger partial charge in [0.15, 0.2) is 0 Å². The molecule has 5 rings (SSSR count). The monoisotopic (exact) mass is 469 g/mol. The van der Waals surface area contributed by atoms with Crippen molar-refractivity contribution in [3.8, 4) is 5.75 Å². The van der Waals surface area contributed by atoms with Crippen molar-refractivity contribution in [2.75, 3.05) is 45.9 Å². The molecule has 0 atom stereocenters. The molecular formula is C25H31N3O4S. The molecular weight excluding hydrogens is 438 g/mol. The second kappa shape index (κ2) is 9.44. The fourth-order valence-electron chi connectivity index (χ4n) is 4.91. The lowest BCUT2D eigenvalue weighted by Gasteiger charge is -2.35. The molecule has 0 radical (unpaired) electrons. The van der Waals surface area contributed by atoms with Gasteiger partial charge in [0, 0.05) is 57.8 Å². The van der Waals surface area contributed by atoms with E-state index in [1.807, 2.05) is 4.90 Å². The van der Waals surface area contributed by atoms with Crippen LogP contribution < -0.4 is 4.74 Å². The van der Waals surface area contributed by atoms with Crippen molar-refractivity contribution in [1.29, 1.82) is 0 Å². The largest absolute Gasteiger partial charge is 0.493 e. The van der Waals surface area contributed by atoms with E-state index in [9.17, 15) is 13.2 Å². The van der Waals surface area contributed by atoms with Crippen molar-refractivity contribution < 1.29 is 17.9 Å². The first kappa shape index (κ1) is 22.4. The van der Waals surface area contributed by atoms with Crippen LogP contribution in [0.25, 0.3) is 0 Å². The van der Waals surface area contributed by atoms with E-state index in [1.54, 1.807) is 28.6 Å². The predicted octanol–water partition coefficient (Wildman–Crippen LogP) is 2.75. The highest BCUT2D eigenvalue weighted by Crippen LogP contribution is 2.27. The molecule has 0 aromatic heterocycles. The van der Waals surface area contributed by atoms with Crippen molar-refractivity contribution >= 4 is 15.9 Å². The number of benzene rings is 2. The molecule has 2 aromatic rings. The van der Waals surface area contributed by atoms with E-state index in [0.29, 0.717) is 31.7 Å². The van der Waals surface area contributed by atoms with E-state index < -0.39 is 10.0 Å². The summed E-state index contributed by atoms with van der Waals surface area (Å²) in [5, 5.41) is 0. The van der Waals surface area contributed by atoms with Crippen molar-refractivity contribution in [1.82, 2.24) is 14.1 Å². The number of rotatable bonds is 5. The maximum atomic E-state index is 13.0. The maximum absolute atomic E-state index is 13.0. The number of carbonyl (C=O) groups excluding carboxylic acids is 1. The summed E-state index contributed by atoms with van der Waals surface area (Å²) in [6.45, 7) is 5.77. The fraction of sp³-hybridized carbons (Fsp3) is 0.480. The summed E-state index contributed by atoms with van der Waals surface area (Å²) < 4.78 is 32.8. The van der Waals surface area contributed by atoms with Gasteiger partial charge in [-0.15, -0.1) is 0 Å². The molecule has 1 amide bonds. The zero-order valence-corrected chi connectivity index (χ0v) is 19.7. The molecule has 2 fully saturated rings. The minimum Gasteiger partial charge on any atom is -0.493 e. The van der Waals surface area contributed by atoms with Gasteiger partial charge in [0.1, 0.15) is 5.75 Å². The number of fused-ring (bicyclic) bond motifs is 1. The van der Waals surface area contributed by atoms with Crippen LogP contribution in [0, 0.1) is 0 Å². The normalized spacial score (nSPS) is 19.8. The molecule has 3 aliphatic rings. The summed E-state index contributed by atoms with van der Waals surface area (Å²) in [5.74, 6) is 0.968. The molecule has 0 saturated carbocycles. The number of piperazine rings is 1.